The Morgan fingerprint density at radius 1 is 1.14 bits per heavy atom. The second-order valence-corrected chi connectivity index (χ2v) is 9.59. The first-order valence-electron chi connectivity index (χ1n) is 10.5. The predicted molar refractivity (Wildman–Crippen MR) is 111 cm³/mol. The zero-order valence-electron chi connectivity index (χ0n) is 17.3. The quantitative estimate of drug-likeness (QED) is 0.783. The van der Waals surface area contributed by atoms with Crippen LogP contribution in [0.25, 0.3) is 11.3 Å². The molecule has 3 atom stereocenters. The van der Waals surface area contributed by atoms with Crippen molar-refractivity contribution in [2.45, 2.75) is 39.2 Å². The number of rotatable bonds is 6. The minimum atomic E-state index is -0.753. The van der Waals surface area contributed by atoms with Gasteiger partial charge in [-0.05, 0) is 30.0 Å². The average Bonchev–Trinajstić information content (AvgIpc) is 3.19. The highest BCUT2D eigenvalue weighted by molar-refractivity contribution is 5.81. The van der Waals surface area contributed by atoms with Crippen molar-refractivity contribution < 1.29 is 19.4 Å². The number of fused-ring (bicyclic) bond motifs is 2. The molecule has 2 aliphatic rings. The number of carbonyl (C=O) groups excluding carboxylic acids is 1. The molecular weight excluding hydrogens is 366 g/mol. The Kier molecular flexibility index (Phi) is 5.40. The second kappa shape index (κ2) is 7.71. The van der Waals surface area contributed by atoms with Crippen molar-refractivity contribution in [3.63, 3.8) is 0 Å². The Morgan fingerprint density at radius 3 is 2.45 bits per heavy atom. The molecule has 1 aliphatic heterocycles. The average molecular weight is 398 g/mol. The first-order chi connectivity index (χ1) is 13.9. The predicted octanol–water partition coefficient (Wildman–Crippen LogP) is 3.15. The normalized spacial score (nSPS) is 30.1. The number of ketones is 1. The number of benzene rings is 1. The van der Waals surface area contributed by atoms with Gasteiger partial charge in [0.1, 0.15) is 11.5 Å². The van der Waals surface area contributed by atoms with E-state index in [1.54, 1.807) is 6.26 Å². The third-order valence-electron chi connectivity index (χ3n) is 6.59. The number of piperidine rings is 1. The SMILES string of the molecule is CC(C)CN1C[C@]2(CO)CC(=O)C[C@](Cc3ccc(-c4ccco4)cc3)(C1)C2O. The Morgan fingerprint density at radius 2 is 1.83 bits per heavy atom. The fourth-order valence-electron chi connectivity index (χ4n) is 5.61. The summed E-state index contributed by atoms with van der Waals surface area (Å²) in [5.74, 6) is 1.46. The van der Waals surface area contributed by atoms with E-state index in [1.165, 1.54) is 0 Å². The lowest BCUT2D eigenvalue weighted by Gasteiger charge is -2.58. The van der Waals surface area contributed by atoms with Gasteiger partial charge in [0.25, 0.3) is 0 Å². The minimum absolute atomic E-state index is 0.153. The van der Waals surface area contributed by atoms with Gasteiger partial charge in [0.15, 0.2) is 0 Å². The Bertz CT molecular complexity index is 844. The van der Waals surface area contributed by atoms with Gasteiger partial charge in [-0.25, -0.2) is 0 Å². The molecule has 2 bridgehead atoms. The van der Waals surface area contributed by atoms with Crippen LogP contribution < -0.4 is 0 Å². The first kappa shape index (κ1) is 20.3. The van der Waals surface area contributed by atoms with Gasteiger partial charge in [-0.1, -0.05) is 38.1 Å². The molecule has 4 rings (SSSR count). The van der Waals surface area contributed by atoms with E-state index in [4.69, 9.17) is 4.42 Å². The van der Waals surface area contributed by atoms with Gasteiger partial charge in [0.2, 0.25) is 0 Å². The molecule has 1 aromatic carbocycles. The topological polar surface area (TPSA) is 73.9 Å². The van der Waals surface area contributed by atoms with Crippen molar-refractivity contribution >= 4 is 5.78 Å². The number of aliphatic hydroxyl groups excluding tert-OH is 2. The van der Waals surface area contributed by atoms with Crippen LogP contribution in [-0.2, 0) is 11.2 Å². The third-order valence-corrected chi connectivity index (χ3v) is 6.59. The molecule has 2 heterocycles. The van der Waals surface area contributed by atoms with Gasteiger partial charge in [0, 0.05) is 48.9 Å². The lowest BCUT2D eigenvalue weighted by molar-refractivity contribution is -0.186. The highest BCUT2D eigenvalue weighted by Crippen LogP contribution is 2.51. The number of aliphatic hydroxyl groups is 2. The van der Waals surface area contributed by atoms with Crippen molar-refractivity contribution in [3.05, 3.63) is 48.2 Å². The van der Waals surface area contributed by atoms with Crippen LogP contribution in [0.15, 0.2) is 47.1 Å². The van der Waals surface area contributed by atoms with Gasteiger partial charge in [-0.3, -0.25) is 4.79 Å². The van der Waals surface area contributed by atoms with E-state index < -0.39 is 16.9 Å². The molecule has 2 N–H and O–H groups in total. The Hall–Kier alpha value is -1.95. The Balaban J connectivity index is 1.64. The van der Waals surface area contributed by atoms with Crippen molar-refractivity contribution in [1.29, 1.82) is 0 Å². The van der Waals surface area contributed by atoms with Crippen LogP contribution in [0.1, 0.15) is 32.3 Å². The summed E-state index contributed by atoms with van der Waals surface area (Å²) in [5, 5.41) is 21.6. The molecule has 5 nitrogen and oxygen atoms in total. The summed E-state index contributed by atoms with van der Waals surface area (Å²) < 4.78 is 5.46. The molecule has 1 aliphatic carbocycles. The van der Waals surface area contributed by atoms with Gasteiger partial charge >= 0.3 is 0 Å². The van der Waals surface area contributed by atoms with Crippen LogP contribution in [0.5, 0.6) is 0 Å². The smallest absolute Gasteiger partial charge is 0.134 e. The van der Waals surface area contributed by atoms with E-state index in [1.807, 2.05) is 24.3 Å². The van der Waals surface area contributed by atoms with Gasteiger partial charge in [-0.15, -0.1) is 0 Å². The standard InChI is InChI=1S/C24H31NO4/c1-17(2)13-25-14-23(11-20(27)12-24(15-25,16-26)22(23)28)10-18-5-7-19(8-6-18)21-4-3-9-29-21/h3-9,17,22,26,28H,10-16H2,1-2H3/t22?,23-,24+/m1/s1. The van der Waals surface area contributed by atoms with E-state index in [-0.39, 0.29) is 18.8 Å². The van der Waals surface area contributed by atoms with Crippen molar-refractivity contribution in [2.75, 3.05) is 26.2 Å². The molecule has 156 valence electrons. The summed E-state index contributed by atoms with van der Waals surface area (Å²) >= 11 is 0. The van der Waals surface area contributed by atoms with E-state index in [0.717, 1.165) is 23.4 Å². The maximum atomic E-state index is 12.7. The maximum Gasteiger partial charge on any atom is 0.134 e. The number of furan rings is 1. The fourth-order valence-corrected chi connectivity index (χ4v) is 5.61. The molecular formula is C24H31NO4. The molecule has 29 heavy (non-hydrogen) atoms. The summed E-state index contributed by atoms with van der Waals surface area (Å²) in [5.41, 5.74) is 0.784. The molecule has 1 unspecified atom stereocenters. The lowest BCUT2D eigenvalue weighted by Crippen LogP contribution is -2.68. The van der Waals surface area contributed by atoms with E-state index in [2.05, 4.69) is 30.9 Å². The molecule has 0 amide bonds. The zero-order valence-corrected chi connectivity index (χ0v) is 17.3. The zero-order chi connectivity index (χ0) is 20.6. The van der Waals surface area contributed by atoms with Crippen LogP contribution >= 0.6 is 0 Å². The van der Waals surface area contributed by atoms with Crippen molar-refractivity contribution in [3.8, 4) is 11.3 Å². The van der Waals surface area contributed by atoms with Crippen LogP contribution in [0.2, 0.25) is 0 Å². The molecule has 0 radical (unpaired) electrons. The van der Waals surface area contributed by atoms with E-state index in [0.29, 0.717) is 31.8 Å². The molecule has 1 aromatic heterocycles. The largest absolute Gasteiger partial charge is 0.464 e. The van der Waals surface area contributed by atoms with Crippen LogP contribution in [0.4, 0.5) is 0 Å². The first-order valence-corrected chi connectivity index (χ1v) is 10.5. The number of hydrogen-bond acceptors (Lipinski definition) is 5. The van der Waals surface area contributed by atoms with Crippen LogP contribution in [-0.4, -0.2) is 53.2 Å². The number of Topliss-reactive ketones (excluding diaryl/α,β-unsaturated/α-hetero) is 1. The van der Waals surface area contributed by atoms with Crippen LogP contribution in [0, 0.1) is 16.7 Å². The summed E-state index contributed by atoms with van der Waals surface area (Å²) in [6.45, 7) is 6.36. The highest BCUT2D eigenvalue weighted by Gasteiger charge is 2.59. The number of carbonyl (C=O) groups is 1. The number of likely N-dealkylation sites (tertiary alicyclic amines) is 1. The molecule has 5 heteroatoms. The molecule has 2 fully saturated rings. The molecule has 1 saturated carbocycles. The van der Waals surface area contributed by atoms with Crippen molar-refractivity contribution in [1.82, 2.24) is 4.90 Å². The fraction of sp³-hybridized carbons (Fsp3) is 0.542. The molecule has 1 saturated heterocycles. The summed E-state index contributed by atoms with van der Waals surface area (Å²) in [7, 11) is 0. The molecule has 0 spiro atoms. The maximum absolute atomic E-state index is 12.7. The molecule has 2 aromatic rings. The van der Waals surface area contributed by atoms with Gasteiger partial charge in [-0.2, -0.15) is 0 Å². The summed E-state index contributed by atoms with van der Waals surface area (Å²) in [4.78, 5) is 15.0. The van der Waals surface area contributed by atoms with Crippen molar-refractivity contribution in [2.24, 2.45) is 16.7 Å². The number of hydrogen-bond donors (Lipinski definition) is 2. The number of nitrogens with zero attached hydrogens (tertiary/aromatic N) is 1. The van der Waals surface area contributed by atoms with Gasteiger partial charge < -0.3 is 19.5 Å². The van der Waals surface area contributed by atoms with Gasteiger partial charge in [0.05, 0.1) is 19.0 Å². The highest BCUT2D eigenvalue weighted by atomic mass is 16.3. The third kappa shape index (κ3) is 3.79. The lowest BCUT2D eigenvalue weighted by atomic mass is 9.55. The Labute approximate surface area is 172 Å². The summed E-state index contributed by atoms with van der Waals surface area (Å²) in [6.07, 6.45) is 2.22. The van der Waals surface area contributed by atoms with E-state index >= 15 is 0 Å². The van der Waals surface area contributed by atoms with Crippen LogP contribution in [0.3, 0.4) is 0 Å². The minimum Gasteiger partial charge on any atom is -0.464 e. The van der Waals surface area contributed by atoms with E-state index in [9.17, 15) is 15.0 Å². The monoisotopic (exact) mass is 397 g/mol. The second-order valence-electron chi connectivity index (χ2n) is 9.59. The summed E-state index contributed by atoms with van der Waals surface area (Å²) in [6, 6.07) is 12.0.